The Morgan fingerprint density at radius 3 is 2.55 bits per heavy atom. The molecule has 0 saturated heterocycles. The van der Waals surface area contributed by atoms with Gasteiger partial charge in [-0.1, -0.05) is 0 Å². The molecule has 3 N–H and O–H groups in total. The van der Waals surface area contributed by atoms with E-state index in [0.717, 1.165) is 19.1 Å². The van der Waals surface area contributed by atoms with Crippen molar-refractivity contribution in [2.24, 2.45) is 0 Å². The Labute approximate surface area is 114 Å². The third kappa shape index (κ3) is 4.40. The van der Waals surface area contributed by atoms with Gasteiger partial charge in [0.05, 0.1) is 16.9 Å². The molecular weight excluding hydrogens is 295 g/mol. The molecule has 0 bridgehead atoms. The number of nitrogens with two attached hydrogens (primary N) is 1. The van der Waals surface area contributed by atoms with Gasteiger partial charge in [0.25, 0.3) is 0 Å². The molecule has 0 aliphatic heterocycles. The van der Waals surface area contributed by atoms with E-state index in [0.29, 0.717) is 0 Å². The number of rotatable bonds is 4. The fourth-order valence-electron chi connectivity index (χ4n) is 1.59. The fraction of sp³-hybridized carbons (Fsp3) is 0.364. The zero-order valence-corrected chi connectivity index (χ0v) is 11.2. The summed E-state index contributed by atoms with van der Waals surface area (Å²) in [6, 6.07) is 3.77. The zero-order valence-electron chi connectivity index (χ0n) is 10.4. The van der Waals surface area contributed by atoms with Crippen LogP contribution >= 0.6 is 0 Å². The standard InChI is InChI=1S/C11H12F3N3O2S/c1-7(5-11(12,13)14)17-20(18,19)10-3-2-9(16)4-8(10)6-15/h2-4,7,17H,5,16H2,1H3. The van der Waals surface area contributed by atoms with Crippen LogP contribution in [-0.4, -0.2) is 20.6 Å². The van der Waals surface area contributed by atoms with Crippen molar-refractivity contribution in [3.05, 3.63) is 23.8 Å². The predicted molar refractivity (Wildman–Crippen MR) is 66.0 cm³/mol. The molecule has 1 unspecified atom stereocenters. The van der Waals surface area contributed by atoms with E-state index in [4.69, 9.17) is 11.0 Å². The van der Waals surface area contributed by atoms with Crippen LogP contribution in [0, 0.1) is 11.3 Å². The summed E-state index contributed by atoms with van der Waals surface area (Å²) in [4.78, 5) is -0.400. The highest BCUT2D eigenvalue weighted by Crippen LogP contribution is 2.23. The van der Waals surface area contributed by atoms with Gasteiger partial charge in [0, 0.05) is 11.7 Å². The second-order valence-electron chi connectivity index (χ2n) is 4.21. The van der Waals surface area contributed by atoms with Crippen molar-refractivity contribution in [3.63, 3.8) is 0 Å². The van der Waals surface area contributed by atoms with Gasteiger partial charge in [0.1, 0.15) is 6.07 Å². The topological polar surface area (TPSA) is 96.0 Å². The maximum atomic E-state index is 12.2. The van der Waals surface area contributed by atoms with Crippen LogP contribution in [0.15, 0.2) is 23.1 Å². The minimum atomic E-state index is -4.49. The van der Waals surface area contributed by atoms with E-state index < -0.39 is 33.6 Å². The van der Waals surface area contributed by atoms with Crippen LogP contribution in [0.25, 0.3) is 0 Å². The number of sulfonamides is 1. The van der Waals surface area contributed by atoms with Crippen LogP contribution < -0.4 is 10.5 Å². The average Bonchev–Trinajstić information content (AvgIpc) is 2.24. The quantitative estimate of drug-likeness (QED) is 0.828. The Balaban J connectivity index is 3.04. The van der Waals surface area contributed by atoms with Gasteiger partial charge < -0.3 is 5.73 Å². The van der Waals surface area contributed by atoms with Crippen LogP contribution in [-0.2, 0) is 10.0 Å². The van der Waals surface area contributed by atoms with E-state index in [2.05, 4.69) is 0 Å². The molecule has 0 aliphatic rings. The van der Waals surface area contributed by atoms with Gasteiger partial charge in [-0.3, -0.25) is 0 Å². The number of nitrogens with zero attached hydrogens (tertiary/aromatic N) is 1. The van der Waals surface area contributed by atoms with Gasteiger partial charge in [-0.2, -0.15) is 18.4 Å². The fourth-order valence-corrected chi connectivity index (χ4v) is 2.97. The number of benzene rings is 1. The highest BCUT2D eigenvalue weighted by atomic mass is 32.2. The molecule has 1 aromatic carbocycles. The lowest BCUT2D eigenvalue weighted by Crippen LogP contribution is -2.36. The highest BCUT2D eigenvalue weighted by molar-refractivity contribution is 7.89. The Morgan fingerprint density at radius 2 is 2.05 bits per heavy atom. The van der Waals surface area contributed by atoms with Gasteiger partial charge in [0.2, 0.25) is 10.0 Å². The summed E-state index contributed by atoms with van der Waals surface area (Å²) >= 11 is 0. The normalized spacial score (nSPS) is 13.8. The van der Waals surface area contributed by atoms with Crippen molar-refractivity contribution < 1.29 is 21.6 Å². The molecule has 0 amide bonds. The average molecular weight is 307 g/mol. The third-order valence-corrected chi connectivity index (χ3v) is 3.96. The van der Waals surface area contributed by atoms with E-state index in [1.165, 1.54) is 6.07 Å². The molecule has 20 heavy (non-hydrogen) atoms. The Bertz CT molecular complexity index is 635. The Kier molecular flexibility index (Phi) is 4.62. The van der Waals surface area contributed by atoms with Gasteiger partial charge >= 0.3 is 6.18 Å². The molecule has 0 aromatic heterocycles. The number of nitrogens with one attached hydrogen (secondary N) is 1. The number of nitrogen functional groups attached to an aromatic ring is 1. The lowest BCUT2D eigenvalue weighted by Gasteiger charge is -2.16. The number of halogens is 3. The number of hydrogen-bond donors (Lipinski definition) is 2. The maximum absolute atomic E-state index is 12.2. The summed E-state index contributed by atoms with van der Waals surface area (Å²) in [6.07, 6.45) is -5.79. The number of nitriles is 1. The van der Waals surface area contributed by atoms with Gasteiger partial charge in [-0.15, -0.1) is 0 Å². The first-order chi connectivity index (χ1) is 9.05. The SMILES string of the molecule is CC(CC(F)(F)F)NS(=O)(=O)c1ccc(N)cc1C#N. The molecule has 0 radical (unpaired) electrons. The summed E-state index contributed by atoms with van der Waals surface area (Å²) in [7, 11) is -4.22. The summed E-state index contributed by atoms with van der Waals surface area (Å²) in [6.45, 7) is 1.09. The molecule has 110 valence electrons. The van der Waals surface area contributed by atoms with Crippen molar-refractivity contribution in [1.82, 2.24) is 4.72 Å². The smallest absolute Gasteiger partial charge is 0.390 e. The van der Waals surface area contributed by atoms with E-state index in [-0.39, 0.29) is 11.3 Å². The van der Waals surface area contributed by atoms with E-state index >= 15 is 0 Å². The molecule has 9 heteroatoms. The van der Waals surface area contributed by atoms with Gasteiger partial charge in [-0.05, 0) is 25.1 Å². The summed E-state index contributed by atoms with van der Waals surface area (Å²) < 4.78 is 62.3. The van der Waals surface area contributed by atoms with E-state index in [9.17, 15) is 21.6 Å². The molecule has 1 rings (SSSR count). The molecule has 0 saturated carbocycles. The van der Waals surface area contributed by atoms with Crippen LogP contribution in [0.1, 0.15) is 18.9 Å². The summed E-state index contributed by atoms with van der Waals surface area (Å²) in [5.74, 6) is 0. The van der Waals surface area contributed by atoms with Crippen LogP contribution in [0.2, 0.25) is 0 Å². The van der Waals surface area contributed by atoms with Gasteiger partial charge in [-0.25, -0.2) is 13.1 Å². The second-order valence-corrected chi connectivity index (χ2v) is 5.89. The van der Waals surface area contributed by atoms with Crippen LogP contribution in [0.3, 0.4) is 0 Å². The number of alkyl halides is 3. The maximum Gasteiger partial charge on any atom is 0.390 e. The molecular formula is C11H12F3N3O2S. The highest BCUT2D eigenvalue weighted by Gasteiger charge is 2.32. The van der Waals surface area contributed by atoms with Crippen molar-refractivity contribution in [1.29, 1.82) is 5.26 Å². The van der Waals surface area contributed by atoms with Crippen LogP contribution in [0.4, 0.5) is 18.9 Å². The first kappa shape index (κ1) is 16.3. The van der Waals surface area contributed by atoms with Gasteiger partial charge in [0.15, 0.2) is 0 Å². The molecule has 0 fully saturated rings. The molecule has 1 atom stereocenters. The number of anilines is 1. The Morgan fingerprint density at radius 1 is 1.45 bits per heavy atom. The van der Waals surface area contributed by atoms with Crippen molar-refractivity contribution >= 4 is 15.7 Å². The summed E-state index contributed by atoms with van der Waals surface area (Å²) in [5.41, 5.74) is 5.37. The summed E-state index contributed by atoms with van der Waals surface area (Å²) in [5, 5.41) is 8.85. The molecule has 0 heterocycles. The van der Waals surface area contributed by atoms with E-state index in [1.54, 1.807) is 6.07 Å². The predicted octanol–water partition coefficient (Wildman–Crippen LogP) is 1.76. The second kappa shape index (κ2) is 5.68. The molecule has 0 spiro atoms. The van der Waals surface area contributed by atoms with E-state index in [1.807, 2.05) is 4.72 Å². The largest absolute Gasteiger partial charge is 0.399 e. The number of hydrogen-bond acceptors (Lipinski definition) is 4. The lowest BCUT2D eigenvalue weighted by molar-refractivity contribution is -0.137. The first-order valence-corrected chi connectivity index (χ1v) is 6.92. The third-order valence-electron chi connectivity index (χ3n) is 2.31. The monoisotopic (exact) mass is 307 g/mol. The minimum absolute atomic E-state index is 0.184. The van der Waals surface area contributed by atoms with Crippen molar-refractivity contribution in [2.45, 2.75) is 30.5 Å². The van der Waals surface area contributed by atoms with Crippen LogP contribution in [0.5, 0.6) is 0 Å². The zero-order chi connectivity index (χ0) is 15.6. The first-order valence-electron chi connectivity index (χ1n) is 5.44. The minimum Gasteiger partial charge on any atom is -0.399 e. The van der Waals surface area contributed by atoms with Crippen molar-refractivity contribution in [3.8, 4) is 6.07 Å². The Hall–Kier alpha value is -1.79. The lowest BCUT2D eigenvalue weighted by atomic mass is 10.2. The molecule has 0 aliphatic carbocycles. The molecule has 1 aromatic rings. The van der Waals surface area contributed by atoms with Crippen molar-refractivity contribution in [2.75, 3.05) is 5.73 Å². The molecule has 5 nitrogen and oxygen atoms in total.